The van der Waals surface area contributed by atoms with Gasteiger partial charge in [0.05, 0.1) is 0 Å². The molecule has 0 radical (unpaired) electrons. The van der Waals surface area contributed by atoms with Crippen LogP contribution in [0.15, 0.2) is 249 Å². The lowest BCUT2D eigenvalue weighted by molar-refractivity contribution is 0.488. The third kappa shape index (κ3) is 5.82. The van der Waals surface area contributed by atoms with Crippen molar-refractivity contribution in [2.75, 3.05) is 4.90 Å². The number of benzene rings is 10. The summed E-state index contributed by atoms with van der Waals surface area (Å²) in [6.07, 6.45) is 0. The van der Waals surface area contributed by atoms with Crippen LogP contribution in [-0.2, 0) is 0 Å². The van der Waals surface area contributed by atoms with E-state index in [1.807, 2.05) is 0 Å². The van der Waals surface area contributed by atoms with Crippen LogP contribution in [0.1, 0.15) is 0 Å². The maximum Gasteiger partial charge on any atom is 0.250 e. The molecule has 0 atom stereocenters. The summed E-state index contributed by atoms with van der Waals surface area (Å²) >= 11 is 0. The van der Waals surface area contributed by atoms with E-state index in [4.69, 9.17) is 4.74 Å². The number of anilines is 3. The first-order valence-electron chi connectivity index (χ1n) is 22.7. The summed E-state index contributed by atoms with van der Waals surface area (Å²) in [6.45, 7) is 0.155. The third-order valence-corrected chi connectivity index (χ3v) is 19.2. The Balaban J connectivity index is 0.978. The second-order valence-corrected chi connectivity index (χ2v) is 21.1. The Morgan fingerprint density at radius 3 is 1.31 bits per heavy atom. The summed E-state index contributed by atoms with van der Waals surface area (Å²) in [5, 5.41) is 5.84. The minimum atomic E-state index is -2.88. The fraction of sp³-hybridized carbons (Fsp3) is 0. The molecule has 65 heavy (non-hydrogen) atoms. The largest absolute Gasteiger partial charge is 0.458 e. The first-order chi connectivity index (χ1) is 32.3. The van der Waals surface area contributed by atoms with Gasteiger partial charge in [-0.25, -0.2) is 0 Å². The molecule has 3 aliphatic rings. The van der Waals surface area contributed by atoms with Gasteiger partial charge in [-0.05, 0) is 102 Å². The van der Waals surface area contributed by atoms with Gasteiger partial charge in [0.15, 0.2) is 8.07 Å². The van der Waals surface area contributed by atoms with Crippen molar-refractivity contribution in [3.63, 3.8) is 0 Å². The van der Waals surface area contributed by atoms with Gasteiger partial charge < -0.3 is 9.64 Å². The van der Waals surface area contributed by atoms with Crippen molar-refractivity contribution in [3.05, 3.63) is 249 Å². The molecule has 0 aliphatic carbocycles. The van der Waals surface area contributed by atoms with Crippen molar-refractivity contribution in [1.29, 1.82) is 0 Å². The zero-order valence-electron chi connectivity index (χ0n) is 35.7. The van der Waals surface area contributed by atoms with E-state index in [0.29, 0.717) is 0 Å². The van der Waals surface area contributed by atoms with E-state index in [1.54, 1.807) is 0 Å². The number of para-hydroxylation sites is 1. The Kier molecular flexibility index (Phi) is 8.78. The van der Waals surface area contributed by atoms with Gasteiger partial charge >= 0.3 is 0 Å². The van der Waals surface area contributed by atoms with E-state index in [9.17, 15) is 0 Å². The van der Waals surface area contributed by atoms with Gasteiger partial charge in [0.1, 0.15) is 11.5 Å². The molecule has 0 aromatic heterocycles. The van der Waals surface area contributed by atoms with Crippen LogP contribution < -0.4 is 63.2 Å². The molecule has 0 fully saturated rings. The highest BCUT2D eigenvalue weighted by Crippen LogP contribution is 2.38. The number of nitrogens with zero attached hydrogens (tertiary/aromatic N) is 1. The Morgan fingerprint density at radius 1 is 0.308 bits per heavy atom. The molecule has 0 unspecified atom stereocenters. The average molecular weight is 842 g/mol. The first kappa shape index (κ1) is 37.7. The number of ether oxygens (including phenoxy) is 1. The molecule has 302 valence electrons. The Bertz CT molecular complexity index is 3320. The summed E-state index contributed by atoms with van der Waals surface area (Å²) in [7, 11) is -2.88. The average Bonchev–Trinajstić information content (AvgIpc) is 3.38. The molecule has 10 aromatic rings. The Labute approximate surface area is 382 Å². The summed E-state index contributed by atoms with van der Waals surface area (Å²) in [5.41, 5.74) is 16.1. The summed E-state index contributed by atoms with van der Waals surface area (Å²) in [4.78, 5) is 2.40. The highest BCUT2D eigenvalue weighted by Gasteiger charge is 2.56. The maximum absolute atomic E-state index is 6.81. The molecule has 3 aliphatic heterocycles. The van der Waals surface area contributed by atoms with Crippen LogP contribution in [0, 0.1) is 0 Å². The molecule has 2 nitrogen and oxygen atoms in total. The van der Waals surface area contributed by atoms with Gasteiger partial charge in [-0.1, -0.05) is 222 Å². The lowest BCUT2D eigenvalue weighted by Gasteiger charge is -2.48. The lowest BCUT2D eigenvalue weighted by Crippen LogP contribution is -2.93. The molecule has 0 saturated carbocycles. The van der Waals surface area contributed by atoms with Gasteiger partial charge in [0.2, 0.25) is 6.71 Å². The normalized spacial score (nSPS) is 13.4. The smallest absolute Gasteiger partial charge is 0.250 e. The number of fused-ring (bicyclic) bond motifs is 10. The van der Waals surface area contributed by atoms with Crippen LogP contribution in [0.5, 0.6) is 11.5 Å². The van der Waals surface area contributed by atoms with Crippen molar-refractivity contribution >= 4 is 92.1 Å². The van der Waals surface area contributed by atoms with Crippen molar-refractivity contribution in [2.24, 2.45) is 0 Å². The van der Waals surface area contributed by atoms with Gasteiger partial charge in [-0.2, -0.15) is 0 Å². The Hall–Kier alpha value is -7.85. The SMILES string of the molecule is c1ccc(-c2cccc(N(c3ccc(B4c5ccccc5[Si]5(c6ccccc64)c4ccccc4B4c6ccccc6Oc6cccc5c64)cc3)c3cccc(-c4ccccc4)c3)c2)cc1. The van der Waals surface area contributed by atoms with Crippen molar-refractivity contribution in [3.8, 4) is 33.8 Å². The van der Waals surface area contributed by atoms with E-state index in [0.717, 1.165) is 28.6 Å². The first-order valence-corrected chi connectivity index (χ1v) is 24.7. The van der Waals surface area contributed by atoms with Gasteiger partial charge in [-0.3, -0.25) is 0 Å². The monoisotopic (exact) mass is 841 g/mol. The van der Waals surface area contributed by atoms with E-state index >= 15 is 0 Å². The van der Waals surface area contributed by atoms with Crippen LogP contribution in [0.25, 0.3) is 22.3 Å². The van der Waals surface area contributed by atoms with Gasteiger partial charge in [0, 0.05) is 17.1 Å². The summed E-state index contributed by atoms with van der Waals surface area (Å²) in [5.74, 6) is 1.93. The molecule has 0 N–H and O–H groups in total. The van der Waals surface area contributed by atoms with E-state index in [-0.39, 0.29) is 13.4 Å². The number of hydrogen-bond acceptors (Lipinski definition) is 2. The van der Waals surface area contributed by atoms with Crippen LogP contribution in [0.2, 0.25) is 0 Å². The third-order valence-electron chi connectivity index (χ3n) is 14.1. The van der Waals surface area contributed by atoms with Crippen molar-refractivity contribution in [1.82, 2.24) is 0 Å². The molecule has 1 spiro atoms. The zero-order chi connectivity index (χ0) is 42.9. The second-order valence-electron chi connectivity index (χ2n) is 17.5. The molecule has 10 aromatic carbocycles. The minimum absolute atomic E-state index is 0.0484. The number of rotatable bonds is 6. The van der Waals surface area contributed by atoms with Crippen LogP contribution >= 0.6 is 0 Å². The summed E-state index contributed by atoms with van der Waals surface area (Å²) in [6, 6.07) is 92.2. The van der Waals surface area contributed by atoms with Crippen LogP contribution in [0.3, 0.4) is 0 Å². The van der Waals surface area contributed by atoms with E-state index < -0.39 is 8.07 Å². The molecular weight excluding hydrogens is 800 g/mol. The van der Waals surface area contributed by atoms with Crippen LogP contribution in [-0.4, -0.2) is 21.5 Å². The van der Waals surface area contributed by atoms with Gasteiger partial charge in [-0.15, -0.1) is 0 Å². The van der Waals surface area contributed by atoms with Crippen molar-refractivity contribution < 1.29 is 4.74 Å². The molecule has 3 heterocycles. The van der Waals surface area contributed by atoms with E-state index in [1.165, 1.54) is 75.8 Å². The topological polar surface area (TPSA) is 12.5 Å². The predicted octanol–water partition coefficient (Wildman–Crippen LogP) is 7.63. The fourth-order valence-corrected chi connectivity index (χ4v) is 17.3. The zero-order valence-corrected chi connectivity index (χ0v) is 36.7. The molecular formula is C60H41B2NOSi. The standard InChI is InChI=1S/C60H41B2NOSi/c1-3-18-42(19-4-1)44-22-15-24-48(40-44)63(49-25-16-23-45(41-49)43-20-5-2-6-21-43)47-38-36-46(37-39-47)61-51-27-8-12-32-56(51)65(57-33-13-9-28-52(57)61)58-34-14-10-29-53(58)62-50-26-7-11-30-54(50)64-55-31-17-35-59(65)60(55)62/h1-41H. The predicted molar refractivity (Wildman–Crippen MR) is 278 cm³/mol. The highest BCUT2D eigenvalue weighted by molar-refractivity contribution is 7.31. The molecule has 13 rings (SSSR count). The molecule has 5 heteroatoms. The highest BCUT2D eigenvalue weighted by atomic mass is 28.3. The van der Waals surface area contributed by atoms with Gasteiger partial charge in [0.25, 0.3) is 6.71 Å². The fourth-order valence-electron chi connectivity index (χ4n) is 11.5. The Morgan fingerprint density at radius 2 is 0.738 bits per heavy atom. The molecule has 0 saturated heterocycles. The van der Waals surface area contributed by atoms with Crippen molar-refractivity contribution in [2.45, 2.75) is 0 Å². The maximum atomic E-state index is 6.81. The number of hydrogen-bond donors (Lipinski definition) is 0. The lowest BCUT2D eigenvalue weighted by atomic mass is 9.35. The molecule has 0 bridgehead atoms. The van der Waals surface area contributed by atoms with Crippen LogP contribution in [0.4, 0.5) is 17.1 Å². The molecule has 0 amide bonds. The van der Waals surface area contributed by atoms with E-state index in [2.05, 4.69) is 254 Å². The second kappa shape index (κ2) is 15.2. The summed E-state index contributed by atoms with van der Waals surface area (Å²) < 4.78 is 6.81. The minimum Gasteiger partial charge on any atom is -0.458 e. The quantitative estimate of drug-likeness (QED) is 0.160.